The number of nitrogens with one attached hydrogen (secondary N) is 3. The number of hydrogen-bond donors (Lipinski definition) is 3. The minimum atomic E-state index is -0.216. The summed E-state index contributed by atoms with van der Waals surface area (Å²) in [7, 11) is 0. The summed E-state index contributed by atoms with van der Waals surface area (Å²) >= 11 is 0. The number of nitrogens with zero attached hydrogens (tertiary/aromatic N) is 1. The largest absolute Gasteiger partial charge is 0.460 e. The Kier molecular flexibility index (Phi) is 4.58. The highest BCUT2D eigenvalue weighted by molar-refractivity contribution is 5.91. The summed E-state index contributed by atoms with van der Waals surface area (Å²) in [6.07, 6.45) is 3.24. The molecule has 0 atom stereocenters. The Bertz CT molecular complexity index is 758. The minimum Gasteiger partial charge on any atom is -0.460 e. The second-order valence-corrected chi connectivity index (χ2v) is 5.09. The Morgan fingerprint density at radius 3 is 2.96 bits per heavy atom. The van der Waals surface area contributed by atoms with Gasteiger partial charge in [-0.1, -0.05) is 0 Å². The van der Waals surface area contributed by atoms with Gasteiger partial charge < -0.3 is 19.5 Å². The van der Waals surface area contributed by atoms with Gasteiger partial charge in [0, 0.05) is 25.2 Å². The summed E-state index contributed by atoms with van der Waals surface area (Å²) in [5.41, 5.74) is 1.88. The first-order chi connectivity index (χ1) is 11.2. The summed E-state index contributed by atoms with van der Waals surface area (Å²) in [4.78, 5) is 11.7. The molecule has 3 heterocycles. The van der Waals surface area contributed by atoms with Crippen LogP contribution in [0.25, 0.3) is 11.5 Å². The molecule has 0 aromatic carbocycles. The fraction of sp³-hybridized carbons (Fsp3) is 0.250. The minimum absolute atomic E-state index is 0.216. The third-order valence-electron chi connectivity index (χ3n) is 3.35. The van der Waals surface area contributed by atoms with Gasteiger partial charge in [0.2, 0.25) is 0 Å². The molecule has 0 aliphatic heterocycles. The molecule has 0 aliphatic rings. The second kappa shape index (κ2) is 6.97. The lowest BCUT2D eigenvalue weighted by Gasteiger charge is -2.05. The molecule has 0 spiro atoms. The standard InChI is InChI=1S/C16H18N4O3/c1-11-4-5-13(23-11)15-12(10-19-20-15)9-17-6-7-18-16(21)14-3-2-8-22-14/h2-5,8,10,17H,6-7,9H2,1H3,(H,18,21)(H,19,20). The highest BCUT2D eigenvalue weighted by Crippen LogP contribution is 2.23. The number of rotatable bonds is 7. The zero-order chi connectivity index (χ0) is 16.1. The van der Waals surface area contributed by atoms with E-state index in [1.54, 1.807) is 18.3 Å². The first-order valence-corrected chi connectivity index (χ1v) is 7.35. The highest BCUT2D eigenvalue weighted by Gasteiger charge is 2.11. The molecule has 0 unspecified atom stereocenters. The monoisotopic (exact) mass is 314 g/mol. The van der Waals surface area contributed by atoms with Crippen molar-refractivity contribution >= 4 is 5.91 Å². The molecule has 3 rings (SSSR count). The van der Waals surface area contributed by atoms with Crippen LogP contribution in [0.2, 0.25) is 0 Å². The molecule has 0 saturated carbocycles. The van der Waals surface area contributed by atoms with Crippen LogP contribution in [0.3, 0.4) is 0 Å². The second-order valence-electron chi connectivity index (χ2n) is 5.09. The van der Waals surface area contributed by atoms with E-state index in [2.05, 4.69) is 20.8 Å². The maximum absolute atomic E-state index is 11.7. The van der Waals surface area contributed by atoms with E-state index in [1.165, 1.54) is 6.26 Å². The van der Waals surface area contributed by atoms with Crippen molar-refractivity contribution < 1.29 is 13.6 Å². The van der Waals surface area contributed by atoms with E-state index < -0.39 is 0 Å². The SMILES string of the molecule is Cc1ccc(-c2[nH]ncc2CNCCNC(=O)c2ccco2)o1. The van der Waals surface area contributed by atoms with Crippen molar-refractivity contribution in [3.63, 3.8) is 0 Å². The van der Waals surface area contributed by atoms with E-state index in [0.717, 1.165) is 22.8 Å². The van der Waals surface area contributed by atoms with Gasteiger partial charge in [0.05, 0.1) is 12.5 Å². The number of aryl methyl sites for hydroxylation is 1. The maximum Gasteiger partial charge on any atom is 0.287 e. The highest BCUT2D eigenvalue weighted by atomic mass is 16.3. The van der Waals surface area contributed by atoms with Gasteiger partial charge >= 0.3 is 0 Å². The summed E-state index contributed by atoms with van der Waals surface area (Å²) in [5.74, 6) is 1.72. The van der Waals surface area contributed by atoms with Crippen LogP contribution in [0.4, 0.5) is 0 Å². The van der Waals surface area contributed by atoms with E-state index in [4.69, 9.17) is 8.83 Å². The third kappa shape index (κ3) is 3.70. The Balaban J connectivity index is 1.45. The summed E-state index contributed by atoms with van der Waals surface area (Å²) in [6, 6.07) is 7.14. The van der Waals surface area contributed by atoms with Crippen LogP contribution in [0.5, 0.6) is 0 Å². The van der Waals surface area contributed by atoms with E-state index in [-0.39, 0.29) is 5.91 Å². The van der Waals surface area contributed by atoms with Crippen LogP contribution in [-0.2, 0) is 6.54 Å². The van der Waals surface area contributed by atoms with Crippen molar-refractivity contribution in [2.75, 3.05) is 13.1 Å². The lowest BCUT2D eigenvalue weighted by atomic mass is 10.2. The van der Waals surface area contributed by atoms with Gasteiger partial charge in [-0.15, -0.1) is 0 Å². The van der Waals surface area contributed by atoms with Crippen LogP contribution < -0.4 is 10.6 Å². The first-order valence-electron chi connectivity index (χ1n) is 7.35. The lowest BCUT2D eigenvalue weighted by Crippen LogP contribution is -2.31. The molecule has 0 fully saturated rings. The normalized spacial score (nSPS) is 10.8. The molecule has 3 aromatic heterocycles. The van der Waals surface area contributed by atoms with Gasteiger partial charge in [-0.05, 0) is 31.2 Å². The van der Waals surface area contributed by atoms with E-state index in [0.29, 0.717) is 25.4 Å². The van der Waals surface area contributed by atoms with E-state index in [1.807, 2.05) is 19.1 Å². The molecule has 0 aliphatic carbocycles. The smallest absolute Gasteiger partial charge is 0.287 e. The van der Waals surface area contributed by atoms with E-state index in [9.17, 15) is 4.79 Å². The molecule has 3 aromatic rings. The molecular formula is C16H18N4O3. The third-order valence-corrected chi connectivity index (χ3v) is 3.35. The number of H-pyrrole nitrogens is 1. The van der Waals surface area contributed by atoms with Crippen LogP contribution in [0.1, 0.15) is 21.9 Å². The molecule has 3 N–H and O–H groups in total. The fourth-order valence-corrected chi connectivity index (χ4v) is 2.21. The van der Waals surface area contributed by atoms with Crippen molar-refractivity contribution in [2.24, 2.45) is 0 Å². The number of aromatic nitrogens is 2. The maximum atomic E-state index is 11.7. The molecule has 23 heavy (non-hydrogen) atoms. The van der Waals surface area contributed by atoms with E-state index >= 15 is 0 Å². The molecule has 7 heteroatoms. The van der Waals surface area contributed by atoms with Gasteiger partial charge in [-0.3, -0.25) is 9.89 Å². The van der Waals surface area contributed by atoms with Crippen LogP contribution >= 0.6 is 0 Å². The van der Waals surface area contributed by atoms with Gasteiger partial charge in [0.25, 0.3) is 5.91 Å². The molecule has 1 amide bonds. The Hall–Kier alpha value is -2.80. The van der Waals surface area contributed by atoms with Gasteiger partial charge in [0.15, 0.2) is 11.5 Å². The van der Waals surface area contributed by atoms with Crippen molar-refractivity contribution in [3.8, 4) is 11.5 Å². The number of aromatic amines is 1. The van der Waals surface area contributed by atoms with Gasteiger partial charge in [-0.25, -0.2) is 0 Å². The predicted octanol–water partition coefficient (Wildman–Crippen LogP) is 2.09. The number of carbonyl (C=O) groups excluding carboxylic acids is 1. The molecular weight excluding hydrogens is 296 g/mol. The average molecular weight is 314 g/mol. The zero-order valence-corrected chi connectivity index (χ0v) is 12.8. The molecule has 0 bridgehead atoms. The van der Waals surface area contributed by atoms with Crippen LogP contribution in [0.15, 0.2) is 45.6 Å². The lowest BCUT2D eigenvalue weighted by molar-refractivity contribution is 0.0926. The number of furan rings is 2. The fourth-order valence-electron chi connectivity index (χ4n) is 2.21. The molecule has 7 nitrogen and oxygen atoms in total. The summed E-state index contributed by atoms with van der Waals surface area (Å²) < 4.78 is 10.6. The van der Waals surface area contributed by atoms with Crippen molar-refractivity contribution in [1.82, 2.24) is 20.8 Å². The van der Waals surface area contributed by atoms with Gasteiger partial charge in [-0.2, -0.15) is 5.10 Å². The van der Waals surface area contributed by atoms with Crippen LogP contribution in [-0.4, -0.2) is 29.2 Å². The molecule has 120 valence electrons. The van der Waals surface area contributed by atoms with Crippen LogP contribution in [0, 0.1) is 6.92 Å². The van der Waals surface area contributed by atoms with Crippen molar-refractivity contribution in [3.05, 3.63) is 53.8 Å². The quantitative estimate of drug-likeness (QED) is 0.580. The number of amides is 1. The van der Waals surface area contributed by atoms with Crippen molar-refractivity contribution in [2.45, 2.75) is 13.5 Å². The Morgan fingerprint density at radius 1 is 1.30 bits per heavy atom. The Morgan fingerprint density at radius 2 is 2.22 bits per heavy atom. The average Bonchev–Trinajstić information content (AvgIpc) is 3.27. The van der Waals surface area contributed by atoms with Crippen molar-refractivity contribution in [1.29, 1.82) is 0 Å². The zero-order valence-electron chi connectivity index (χ0n) is 12.8. The number of hydrogen-bond acceptors (Lipinski definition) is 5. The summed E-state index contributed by atoms with van der Waals surface area (Å²) in [6.45, 7) is 3.67. The number of carbonyl (C=O) groups is 1. The van der Waals surface area contributed by atoms with Gasteiger partial charge in [0.1, 0.15) is 11.5 Å². The summed E-state index contributed by atoms with van der Waals surface area (Å²) in [5, 5.41) is 13.0. The first kappa shape index (κ1) is 15.1. The molecule has 0 saturated heterocycles. The predicted molar refractivity (Wildman–Crippen MR) is 83.8 cm³/mol. The topological polar surface area (TPSA) is 96.1 Å². The Labute approximate surface area is 133 Å². The molecule has 0 radical (unpaired) electrons.